The highest BCUT2D eigenvalue weighted by Crippen LogP contribution is 2.32. The first-order valence-electron chi connectivity index (χ1n) is 5.71. The van der Waals surface area contributed by atoms with Crippen LogP contribution in [0, 0.1) is 0 Å². The summed E-state index contributed by atoms with van der Waals surface area (Å²) in [6.45, 7) is 0. The maximum absolute atomic E-state index is 11.0. The van der Waals surface area contributed by atoms with Crippen molar-refractivity contribution in [2.45, 2.75) is 43.7 Å². The molecule has 1 rings (SSSR count). The fourth-order valence-corrected chi connectivity index (χ4v) is 3.15. The number of nitrogens with two attached hydrogens (primary N) is 1. The predicted molar refractivity (Wildman–Crippen MR) is 65.4 cm³/mol. The molecule has 0 heterocycles. The SMILES string of the molecule is COC(=O)C(N)CCSCC1(O)CCCC1. The van der Waals surface area contributed by atoms with Gasteiger partial charge >= 0.3 is 5.97 Å². The summed E-state index contributed by atoms with van der Waals surface area (Å²) in [6.07, 6.45) is 4.66. The van der Waals surface area contributed by atoms with Gasteiger partial charge in [-0.2, -0.15) is 11.8 Å². The summed E-state index contributed by atoms with van der Waals surface area (Å²) in [6, 6.07) is -0.532. The molecule has 1 atom stereocenters. The van der Waals surface area contributed by atoms with E-state index in [4.69, 9.17) is 5.73 Å². The Hall–Kier alpha value is -0.260. The number of hydrogen-bond acceptors (Lipinski definition) is 5. The molecule has 0 spiro atoms. The van der Waals surface area contributed by atoms with Gasteiger partial charge in [-0.3, -0.25) is 4.79 Å². The van der Waals surface area contributed by atoms with E-state index in [-0.39, 0.29) is 5.97 Å². The van der Waals surface area contributed by atoms with Crippen molar-refractivity contribution in [3.05, 3.63) is 0 Å². The lowest BCUT2D eigenvalue weighted by atomic mass is 10.1. The highest BCUT2D eigenvalue weighted by Gasteiger charge is 2.30. The van der Waals surface area contributed by atoms with Crippen molar-refractivity contribution in [1.29, 1.82) is 0 Å². The van der Waals surface area contributed by atoms with E-state index in [2.05, 4.69) is 4.74 Å². The zero-order valence-corrected chi connectivity index (χ0v) is 10.6. The van der Waals surface area contributed by atoms with Crippen LogP contribution in [0.5, 0.6) is 0 Å². The fraction of sp³-hybridized carbons (Fsp3) is 0.909. The average molecular weight is 247 g/mol. The summed E-state index contributed by atoms with van der Waals surface area (Å²) in [5.41, 5.74) is 5.13. The third kappa shape index (κ3) is 4.31. The van der Waals surface area contributed by atoms with Crippen molar-refractivity contribution < 1.29 is 14.6 Å². The van der Waals surface area contributed by atoms with E-state index < -0.39 is 11.6 Å². The first-order chi connectivity index (χ1) is 7.57. The first kappa shape index (κ1) is 13.8. The molecule has 0 aromatic rings. The van der Waals surface area contributed by atoms with E-state index in [1.165, 1.54) is 7.11 Å². The maximum atomic E-state index is 11.0. The lowest BCUT2D eigenvalue weighted by molar-refractivity contribution is -0.142. The summed E-state index contributed by atoms with van der Waals surface area (Å²) in [4.78, 5) is 11.0. The summed E-state index contributed by atoms with van der Waals surface area (Å²) >= 11 is 1.67. The molecular formula is C11H21NO3S. The molecule has 0 aromatic carbocycles. The second-order valence-corrected chi connectivity index (χ2v) is 5.51. The molecule has 0 amide bonds. The summed E-state index contributed by atoms with van der Waals surface area (Å²) in [5, 5.41) is 10.1. The van der Waals surface area contributed by atoms with Crippen LogP contribution in [0.15, 0.2) is 0 Å². The summed E-state index contributed by atoms with van der Waals surface area (Å²) < 4.78 is 4.54. The summed E-state index contributed by atoms with van der Waals surface area (Å²) in [7, 11) is 1.34. The van der Waals surface area contributed by atoms with Crippen LogP contribution in [-0.2, 0) is 9.53 Å². The highest BCUT2D eigenvalue weighted by molar-refractivity contribution is 7.99. The lowest BCUT2D eigenvalue weighted by Gasteiger charge is -2.21. The van der Waals surface area contributed by atoms with Gasteiger partial charge in [0.15, 0.2) is 0 Å². The zero-order chi connectivity index (χ0) is 12.0. The van der Waals surface area contributed by atoms with Crippen LogP contribution >= 0.6 is 11.8 Å². The third-order valence-corrected chi connectivity index (χ3v) is 4.25. The number of rotatable bonds is 6. The normalized spacial score (nSPS) is 20.7. The minimum absolute atomic E-state index is 0.361. The number of ether oxygens (including phenoxy) is 1. The van der Waals surface area contributed by atoms with E-state index in [1.54, 1.807) is 11.8 Å². The van der Waals surface area contributed by atoms with Crippen molar-refractivity contribution in [3.8, 4) is 0 Å². The van der Waals surface area contributed by atoms with Gasteiger partial charge in [-0.05, 0) is 25.0 Å². The van der Waals surface area contributed by atoms with Gasteiger partial charge < -0.3 is 15.6 Å². The molecule has 1 saturated carbocycles. The molecule has 5 heteroatoms. The molecular weight excluding hydrogens is 226 g/mol. The van der Waals surface area contributed by atoms with E-state index in [0.717, 1.165) is 37.2 Å². The minimum atomic E-state index is -0.532. The molecule has 4 nitrogen and oxygen atoms in total. The molecule has 0 radical (unpaired) electrons. The third-order valence-electron chi connectivity index (χ3n) is 2.98. The predicted octanol–water partition coefficient (Wildman–Crippen LogP) is 0.915. The van der Waals surface area contributed by atoms with Crippen LogP contribution < -0.4 is 5.73 Å². The molecule has 94 valence electrons. The molecule has 1 aliphatic rings. The van der Waals surface area contributed by atoms with Crippen molar-refractivity contribution in [2.24, 2.45) is 5.73 Å². The molecule has 16 heavy (non-hydrogen) atoms. The van der Waals surface area contributed by atoms with Crippen LogP contribution in [0.4, 0.5) is 0 Å². The molecule has 1 aliphatic carbocycles. The van der Waals surface area contributed by atoms with Gasteiger partial charge in [-0.15, -0.1) is 0 Å². The van der Waals surface area contributed by atoms with Crippen LogP contribution in [-0.4, -0.2) is 41.3 Å². The smallest absolute Gasteiger partial charge is 0.322 e. The molecule has 0 aromatic heterocycles. The Morgan fingerprint density at radius 2 is 2.19 bits per heavy atom. The van der Waals surface area contributed by atoms with Crippen LogP contribution in [0.3, 0.4) is 0 Å². The number of carbonyl (C=O) groups excluding carboxylic acids is 1. The van der Waals surface area contributed by atoms with E-state index >= 15 is 0 Å². The van der Waals surface area contributed by atoms with Crippen LogP contribution in [0.25, 0.3) is 0 Å². The summed E-state index contributed by atoms with van der Waals surface area (Å²) in [5.74, 6) is 1.18. The Morgan fingerprint density at radius 1 is 1.56 bits per heavy atom. The maximum Gasteiger partial charge on any atom is 0.322 e. The van der Waals surface area contributed by atoms with Gasteiger partial charge in [-0.25, -0.2) is 0 Å². The Labute approximate surface area is 101 Å². The Balaban J connectivity index is 2.09. The lowest BCUT2D eigenvalue weighted by Crippen LogP contribution is -2.32. The van der Waals surface area contributed by atoms with Crippen molar-refractivity contribution in [3.63, 3.8) is 0 Å². The quantitative estimate of drug-likeness (QED) is 0.539. The van der Waals surface area contributed by atoms with E-state index in [9.17, 15) is 9.90 Å². The first-order valence-corrected chi connectivity index (χ1v) is 6.86. The van der Waals surface area contributed by atoms with Crippen LogP contribution in [0.1, 0.15) is 32.1 Å². The van der Waals surface area contributed by atoms with Gasteiger partial charge in [0.1, 0.15) is 6.04 Å². The van der Waals surface area contributed by atoms with Crippen molar-refractivity contribution in [1.82, 2.24) is 0 Å². The zero-order valence-electron chi connectivity index (χ0n) is 9.78. The van der Waals surface area contributed by atoms with Gasteiger partial charge in [0.05, 0.1) is 12.7 Å². The Bertz CT molecular complexity index is 229. The second-order valence-electron chi connectivity index (χ2n) is 4.40. The molecule has 3 N–H and O–H groups in total. The van der Waals surface area contributed by atoms with Crippen molar-refractivity contribution >= 4 is 17.7 Å². The van der Waals surface area contributed by atoms with Crippen molar-refractivity contribution in [2.75, 3.05) is 18.6 Å². The number of aliphatic hydroxyl groups is 1. The number of hydrogen-bond donors (Lipinski definition) is 2. The molecule has 1 fully saturated rings. The van der Waals surface area contributed by atoms with Gasteiger partial charge in [0.25, 0.3) is 0 Å². The number of methoxy groups -OCH3 is 1. The fourth-order valence-electron chi connectivity index (χ4n) is 1.92. The largest absolute Gasteiger partial charge is 0.468 e. The number of esters is 1. The van der Waals surface area contributed by atoms with Gasteiger partial charge in [0, 0.05) is 5.75 Å². The van der Waals surface area contributed by atoms with E-state index in [1.807, 2.05) is 0 Å². The number of carbonyl (C=O) groups is 1. The topological polar surface area (TPSA) is 72.5 Å². The molecule has 0 aliphatic heterocycles. The molecule has 0 saturated heterocycles. The van der Waals surface area contributed by atoms with E-state index in [0.29, 0.717) is 6.42 Å². The monoisotopic (exact) mass is 247 g/mol. The molecule has 1 unspecified atom stereocenters. The van der Waals surface area contributed by atoms with Gasteiger partial charge in [-0.1, -0.05) is 12.8 Å². The Kier molecular flexibility index (Phi) is 5.58. The highest BCUT2D eigenvalue weighted by atomic mass is 32.2. The minimum Gasteiger partial charge on any atom is -0.468 e. The number of thioether (sulfide) groups is 1. The molecule has 0 bridgehead atoms. The average Bonchev–Trinajstić information content (AvgIpc) is 2.70. The van der Waals surface area contributed by atoms with Gasteiger partial charge in [0.2, 0.25) is 0 Å². The Morgan fingerprint density at radius 3 is 2.75 bits per heavy atom. The second kappa shape index (κ2) is 6.47. The standard InChI is InChI=1S/C11H21NO3S/c1-15-10(13)9(12)4-7-16-8-11(14)5-2-3-6-11/h9,14H,2-8,12H2,1H3. The van der Waals surface area contributed by atoms with Crippen LogP contribution in [0.2, 0.25) is 0 Å².